The Balaban J connectivity index is 1.70. The smallest absolute Gasteiger partial charge is 0.236 e. The van der Waals surface area contributed by atoms with Gasteiger partial charge in [0.15, 0.2) is 0 Å². The molecule has 1 aromatic rings. The van der Waals surface area contributed by atoms with Crippen LogP contribution in [0.4, 0.5) is 0 Å². The largest absolute Gasteiger partial charge is 0.281 e. The third-order valence-electron chi connectivity index (χ3n) is 4.02. The lowest BCUT2D eigenvalue weighted by atomic mass is 9.86. The topological polar surface area (TPSA) is 37.4 Å². The molecule has 98 valence electrons. The van der Waals surface area contributed by atoms with E-state index >= 15 is 0 Å². The molecule has 1 aliphatic heterocycles. The summed E-state index contributed by atoms with van der Waals surface area (Å²) < 4.78 is 0. The predicted octanol–water partition coefficient (Wildman–Crippen LogP) is 2.18. The van der Waals surface area contributed by atoms with Gasteiger partial charge in [-0.15, -0.1) is 0 Å². The second-order valence-electron chi connectivity index (χ2n) is 5.20. The van der Waals surface area contributed by atoms with Crippen LogP contribution in [0.25, 0.3) is 0 Å². The molecule has 2 atom stereocenters. The van der Waals surface area contributed by atoms with E-state index in [0.717, 1.165) is 24.8 Å². The third-order valence-corrected chi connectivity index (χ3v) is 4.02. The molecule has 1 aliphatic carbocycles. The number of carbonyl (C=O) groups is 2. The Hall–Kier alpha value is -1.90. The Bertz CT molecular complexity index is 521. The lowest BCUT2D eigenvalue weighted by molar-refractivity contribution is -0.139. The zero-order valence-corrected chi connectivity index (χ0v) is 10.8. The molecule has 2 amide bonds. The number of hydrogen-bond acceptors (Lipinski definition) is 2. The van der Waals surface area contributed by atoms with Crippen LogP contribution in [0.15, 0.2) is 42.5 Å². The normalized spacial score (nSPS) is 25.8. The quantitative estimate of drug-likeness (QED) is 0.613. The maximum absolute atomic E-state index is 12.2. The summed E-state index contributed by atoms with van der Waals surface area (Å²) in [6, 6.07) is 9.97. The van der Waals surface area contributed by atoms with Gasteiger partial charge in [0.1, 0.15) is 0 Å². The molecular weight excluding hydrogens is 238 g/mol. The van der Waals surface area contributed by atoms with E-state index in [0.29, 0.717) is 6.54 Å². The number of amides is 2. The molecule has 2 unspecified atom stereocenters. The minimum Gasteiger partial charge on any atom is -0.281 e. The molecule has 1 heterocycles. The number of fused-ring (bicyclic) bond motifs is 1. The molecule has 0 aromatic heterocycles. The SMILES string of the molecule is O=C1C2C=CCCC2C(=O)N1CCc1ccccc1. The zero-order chi connectivity index (χ0) is 13.2. The molecule has 19 heavy (non-hydrogen) atoms. The Morgan fingerprint density at radius 2 is 1.89 bits per heavy atom. The Morgan fingerprint density at radius 3 is 2.63 bits per heavy atom. The number of rotatable bonds is 3. The summed E-state index contributed by atoms with van der Waals surface area (Å²) >= 11 is 0. The number of hydrogen-bond donors (Lipinski definition) is 0. The number of carbonyl (C=O) groups excluding carboxylic acids is 2. The van der Waals surface area contributed by atoms with Crippen molar-refractivity contribution in [1.82, 2.24) is 4.90 Å². The maximum atomic E-state index is 12.2. The van der Waals surface area contributed by atoms with Crippen LogP contribution in [0.3, 0.4) is 0 Å². The minimum atomic E-state index is -0.197. The van der Waals surface area contributed by atoms with E-state index in [9.17, 15) is 9.59 Å². The second kappa shape index (κ2) is 5.00. The van der Waals surface area contributed by atoms with E-state index in [1.165, 1.54) is 4.90 Å². The number of imide groups is 1. The molecule has 0 radical (unpaired) electrons. The van der Waals surface area contributed by atoms with Gasteiger partial charge in [0, 0.05) is 6.54 Å². The lowest BCUT2D eigenvalue weighted by Gasteiger charge is -2.14. The highest BCUT2D eigenvalue weighted by molar-refractivity contribution is 6.06. The van der Waals surface area contributed by atoms with Gasteiger partial charge in [-0.25, -0.2) is 0 Å². The molecule has 0 bridgehead atoms. The van der Waals surface area contributed by atoms with Crippen molar-refractivity contribution in [3.8, 4) is 0 Å². The maximum Gasteiger partial charge on any atom is 0.236 e. The van der Waals surface area contributed by atoms with Crippen LogP contribution in [0.5, 0.6) is 0 Å². The molecule has 3 heteroatoms. The van der Waals surface area contributed by atoms with Gasteiger partial charge in [-0.05, 0) is 24.8 Å². The van der Waals surface area contributed by atoms with Crippen LogP contribution in [0.2, 0.25) is 0 Å². The van der Waals surface area contributed by atoms with Crippen molar-refractivity contribution in [3.05, 3.63) is 48.0 Å². The first-order valence-electron chi connectivity index (χ1n) is 6.83. The van der Waals surface area contributed by atoms with Crippen molar-refractivity contribution >= 4 is 11.8 Å². The summed E-state index contributed by atoms with van der Waals surface area (Å²) in [6.45, 7) is 0.503. The van der Waals surface area contributed by atoms with Crippen LogP contribution in [0.1, 0.15) is 18.4 Å². The van der Waals surface area contributed by atoms with E-state index in [2.05, 4.69) is 0 Å². The molecule has 1 saturated heterocycles. The summed E-state index contributed by atoms with van der Waals surface area (Å²) in [5, 5.41) is 0. The van der Waals surface area contributed by atoms with Gasteiger partial charge in [-0.2, -0.15) is 0 Å². The van der Waals surface area contributed by atoms with Crippen molar-refractivity contribution < 1.29 is 9.59 Å². The summed E-state index contributed by atoms with van der Waals surface area (Å²) in [4.78, 5) is 25.9. The van der Waals surface area contributed by atoms with Crippen molar-refractivity contribution in [2.24, 2.45) is 11.8 Å². The fraction of sp³-hybridized carbons (Fsp3) is 0.375. The van der Waals surface area contributed by atoms with E-state index in [1.807, 2.05) is 42.5 Å². The van der Waals surface area contributed by atoms with E-state index < -0.39 is 0 Å². The van der Waals surface area contributed by atoms with Crippen LogP contribution in [-0.2, 0) is 16.0 Å². The molecule has 1 fully saturated rings. The molecule has 0 N–H and O–H groups in total. The molecule has 0 spiro atoms. The van der Waals surface area contributed by atoms with E-state index in [1.54, 1.807) is 0 Å². The van der Waals surface area contributed by atoms with Crippen molar-refractivity contribution in [2.75, 3.05) is 6.54 Å². The Labute approximate surface area is 112 Å². The van der Waals surface area contributed by atoms with E-state index in [4.69, 9.17) is 0 Å². The van der Waals surface area contributed by atoms with Gasteiger partial charge in [-0.1, -0.05) is 42.5 Å². The zero-order valence-electron chi connectivity index (χ0n) is 10.8. The summed E-state index contributed by atoms with van der Waals surface area (Å²) in [5.74, 6) is -0.289. The van der Waals surface area contributed by atoms with Crippen molar-refractivity contribution in [1.29, 1.82) is 0 Å². The van der Waals surface area contributed by atoms with E-state index in [-0.39, 0.29) is 23.7 Å². The number of nitrogens with zero attached hydrogens (tertiary/aromatic N) is 1. The fourth-order valence-corrected chi connectivity index (χ4v) is 2.96. The highest BCUT2D eigenvalue weighted by Gasteiger charge is 2.46. The Morgan fingerprint density at radius 1 is 1.11 bits per heavy atom. The average molecular weight is 255 g/mol. The molecule has 3 nitrogen and oxygen atoms in total. The highest BCUT2D eigenvalue weighted by Crippen LogP contribution is 2.34. The van der Waals surface area contributed by atoms with Gasteiger partial charge < -0.3 is 0 Å². The van der Waals surface area contributed by atoms with Crippen LogP contribution in [-0.4, -0.2) is 23.3 Å². The number of likely N-dealkylation sites (tertiary alicyclic amines) is 1. The van der Waals surface area contributed by atoms with Crippen LogP contribution < -0.4 is 0 Å². The molecule has 2 aliphatic rings. The first-order valence-corrected chi connectivity index (χ1v) is 6.83. The fourth-order valence-electron chi connectivity index (χ4n) is 2.96. The molecule has 1 aromatic carbocycles. The monoisotopic (exact) mass is 255 g/mol. The second-order valence-corrected chi connectivity index (χ2v) is 5.20. The minimum absolute atomic E-state index is 0.0121. The predicted molar refractivity (Wildman–Crippen MR) is 72.2 cm³/mol. The molecule has 3 rings (SSSR count). The van der Waals surface area contributed by atoms with Crippen LogP contribution in [0, 0.1) is 11.8 Å². The van der Waals surface area contributed by atoms with Crippen LogP contribution >= 0.6 is 0 Å². The van der Waals surface area contributed by atoms with Gasteiger partial charge >= 0.3 is 0 Å². The molecular formula is C16H17NO2. The first-order chi connectivity index (χ1) is 9.27. The van der Waals surface area contributed by atoms with Gasteiger partial charge in [0.2, 0.25) is 11.8 Å². The summed E-state index contributed by atoms with van der Waals surface area (Å²) in [5.41, 5.74) is 1.16. The standard InChI is InChI=1S/C16H17NO2/c18-15-13-8-4-5-9-14(13)16(19)17(15)11-10-12-6-2-1-3-7-12/h1-4,6-8,13-14H,5,9-11H2. The average Bonchev–Trinajstić information content (AvgIpc) is 2.71. The summed E-state index contributed by atoms with van der Waals surface area (Å²) in [6.07, 6.45) is 6.39. The van der Waals surface area contributed by atoms with Crippen molar-refractivity contribution in [3.63, 3.8) is 0 Å². The van der Waals surface area contributed by atoms with Crippen molar-refractivity contribution in [2.45, 2.75) is 19.3 Å². The number of benzene rings is 1. The molecule has 0 saturated carbocycles. The third kappa shape index (κ3) is 2.21. The Kier molecular flexibility index (Phi) is 3.20. The summed E-state index contributed by atoms with van der Waals surface area (Å²) in [7, 11) is 0. The highest BCUT2D eigenvalue weighted by atomic mass is 16.2. The van der Waals surface area contributed by atoms with Gasteiger partial charge in [0.05, 0.1) is 11.8 Å². The van der Waals surface area contributed by atoms with Gasteiger partial charge in [-0.3, -0.25) is 14.5 Å². The first kappa shape index (κ1) is 12.2. The lowest BCUT2D eigenvalue weighted by Crippen LogP contribution is -2.33. The van der Waals surface area contributed by atoms with Gasteiger partial charge in [0.25, 0.3) is 0 Å². The number of allylic oxidation sites excluding steroid dienone is 1.